The zero-order valence-corrected chi connectivity index (χ0v) is 17.2. The number of nitrogens with one attached hydrogen (secondary N) is 2. The van der Waals surface area contributed by atoms with Crippen LogP contribution in [0.5, 0.6) is 0 Å². The third kappa shape index (κ3) is 4.58. The molecule has 1 aliphatic heterocycles. The number of nitrogens with zero attached hydrogens (tertiary/aromatic N) is 3. The lowest BCUT2D eigenvalue weighted by Gasteiger charge is -2.28. The number of urea groups is 1. The molecule has 4 rings (SSSR count). The molecule has 0 unspecified atom stereocenters. The molecule has 2 fully saturated rings. The zero-order chi connectivity index (χ0) is 21.1. The molecule has 1 aliphatic carbocycles. The number of benzene rings is 1. The van der Waals surface area contributed by atoms with Gasteiger partial charge in [-0.05, 0) is 37.8 Å². The van der Waals surface area contributed by atoms with Crippen LogP contribution in [0.15, 0.2) is 18.2 Å². The van der Waals surface area contributed by atoms with Gasteiger partial charge >= 0.3 is 6.03 Å². The van der Waals surface area contributed by atoms with E-state index >= 15 is 0 Å². The van der Waals surface area contributed by atoms with E-state index in [9.17, 15) is 18.4 Å². The molecule has 2 N–H and O–H groups in total. The maximum atomic E-state index is 13.3. The molecule has 2 aliphatic rings. The smallest absolute Gasteiger partial charge is 0.318 e. The van der Waals surface area contributed by atoms with Gasteiger partial charge in [0.15, 0.2) is 11.6 Å². The van der Waals surface area contributed by atoms with E-state index in [1.807, 2.05) is 0 Å². The van der Waals surface area contributed by atoms with Crippen LogP contribution in [0.4, 0.5) is 19.3 Å². The average Bonchev–Trinajstić information content (AvgIpc) is 3.41. The lowest BCUT2D eigenvalue weighted by molar-refractivity contribution is 0.102. The second-order valence-electron chi connectivity index (χ2n) is 7.66. The van der Waals surface area contributed by atoms with Crippen LogP contribution < -0.4 is 10.6 Å². The third-order valence-corrected chi connectivity index (χ3v) is 6.57. The number of aromatic nitrogens is 2. The van der Waals surface area contributed by atoms with Gasteiger partial charge < -0.3 is 15.5 Å². The van der Waals surface area contributed by atoms with Crippen molar-refractivity contribution in [3.63, 3.8) is 0 Å². The number of hydrogen-bond acceptors (Lipinski definition) is 5. The lowest BCUT2D eigenvalue weighted by atomic mass is 9.96. The third-order valence-electron chi connectivity index (χ3n) is 5.54. The van der Waals surface area contributed by atoms with Gasteiger partial charge in [0.05, 0.1) is 6.04 Å². The minimum absolute atomic E-state index is 0.0904. The quantitative estimate of drug-likeness (QED) is 0.752. The number of carbonyl (C=O) groups is 2. The first-order valence-corrected chi connectivity index (χ1v) is 11.0. The Labute approximate surface area is 176 Å². The van der Waals surface area contributed by atoms with Crippen LogP contribution in [0.25, 0.3) is 0 Å². The van der Waals surface area contributed by atoms with E-state index in [-0.39, 0.29) is 28.8 Å². The molecule has 3 amide bonds. The summed E-state index contributed by atoms with van der Waals surface area (Å²) in [5.41, 5.74) is 0.130. The highest BCUT2D eigenvalue weighted by atomic mass is 32.1. The van der Waals surface area contributed by atoms with Crippen LogP contribution in [0.2, 0.25) is 0 Å². The van der Waals surface area contributed by atoms with Gasteiger partial charge in [-0.2, -0.15) is 0 Å². The van der Waals surface area contributed by atoms with Gasteiger partial charge in [0.25, 0.3) is 5.91 Å². The van der Waals surface area contributed by atoms with Gasteiger partial charge in [-0.3, -0.25) is 4.79 Å². The Morgan fingerprint density at radius 3 is 2.60 bits per heavy atom. The molecule has 1 saturated heterocycles. The van der Waals surface area contributed by atoms with Gasteiger partial charge in [0, 0.05) is 24.3 Å². The molecule has 10 heteroatoms. The fourth-order valence-corrected chi connectivity index (χ4v) is 4.88. The summed E-state index contributed by atoms with van der Waals surface area (Å²) in [5.74, 6) is -2.59. The van der Waals surface area contributed by atoms with Gasteiger partial charge in [-0.25, -0.2) is 13.6 Å². The second-order valence-corrected chi connectivity index (χ2v) is 8.67. The Morgan fingerprint density at radius 2 is 1.83 bits per heavy atom. The molecule has 1 saturated carbocycles. The summed E-state index contributed by atoms with van der Waals surface area (Å²) in [4.78, 5) is 26.9. The summed E-state index contributed by atoms with van der Waals surface area (Å²) < 4.78 is 26.4. The van der Waals surface area contributed by atoms with Gasteiger partial charge in [-0.1, -0.05) is 30.6 Å². The van der Waals surface area contributed by atoms with Crippen molar-refractivity contribution in [2.24, 2.45) is 0 Å². The van der Waals surface area contributed by atoms with Crippen LogP contribution in [0, 0.1) is 11.6 Å². The maximum Gasteiger partial charge on any atom is 0.318 e. The summed E-state index contributed by atoms with van der Waals surface area (Å²) in [6.07, 6.45) is 7.15. The first-order chi connectivity index (χ1) is 14.5. The van der Waals surface area contributed by atoms with Crippen molar-refractivity contribution >= 4 is 29.0 Å². The van der Waals surface area contributed by atoms with E-state index < -0.39 is 17.5 Å². The Balaban J connectivity index is 1.41. The van der Waals surface area contributed by atoms with E-state index in [1.54, 1.807) is 4.90 Å². The van der Waals surface area contributed by atoms with E-state index in [4.69, 9.17) is 0 Å². The number of rotatable bonds is 4. The summed E-state index contributed by atoms with van der Waals surface area (Å²) in [6.45, 7) is 0.638. The van der Waals surface area contributed by atoms with Crippen molar-refractivity contribution in [1.29, 1.82) is 0 Å². The fourth-order valence-electron chi connectivity index (χ4n) is 3.99. The largest absolute Gasteiger partial charge is 0.335 e. The number of halogens is 2. The number of anilines is 1. The highest BCUT2D eigenvalue weighted by molar-refractivity contribution is 7.13. The average molecular weight is 436 g/mol. The lowest BCUT2D eigenvalue weighted by Crippen LogP contribution is -2.45. The monoisotopic (exact) mass is 435 g/mol. The Morgan fingerprint density at radius 1 is 1.03 bits per heavy atom. The minimum atomic E-state index is -1.05. The Kier molecular flexibility index (Phi) is 6.21. The normalized spacial score (nSPS) is 19.7. The van der Waals surface area contributed by atoms with Gasteiger partial charge in [0.1, 0.15) is 5.01 Å². The molecule has 0 radical (unpaired) electrons. The predicted octanol–water partition coefficient (Wildman–Crippen LogP) is 4.25. The summed E-state index contributed by atoms with van der Waals surface area (Å²) >= 11 is 1.11. The zero-order valence-electron chi connectivity index (χ0n) is 16.4. The van der Waals surface area contributed by atoms with Crippen LogP contribution >= 0.6 is 11.3 Å². The van der Waals surface area contributed by atoms with Crippen molar-refractivity contribution < 1.29 is 18.4 Å². The highest BCUT2D eigenvalue weighted by Crippen LogP contribution is 2.34. The highest BCUT2D eigenvalue weighted by Gasteiger charge is 2.34. The molecule has 2 heterocycles. The summed E-state index contributed by atoms with van der Waals surface area (Å²) in [5, 5.41) is 14.4. The van der Waals surface area contributed by atoms with Crippen molar-refractivity contribution in [2.45, 2.75) is 57.0 Å². The Hall–Kier alpha value is -2.62. The predicted molar refractivity (Wildman–Crippen MR) is 108 cm³/mol. The van der Waals surface area contributed by atoms with Gasteiger partial charge in [-0.15, -0.1) is 10.2 Å². The van der Waals surface area contributed by atoms with Crippen LogP contribution in [-0.2, 0) is 0 Å². The second kappa shape index (κ2) is 9.03. The number of amides is 3. The first kappa shape index (κ1) is 20.6. The molecular weight excluding hydrogens is 412 g/mol. The SMILES string of the molecule is O=C(Nc1ccc(F)c(F)c1)c1nnc([C@H]2CCCN2C(=O)NC2CCCCC2)s1. The van der Waals surface area contributed by atoms with Crippen molar-refractivity contribution in [1.82, 2.24) is 20.4 Å². The molecule has 2 aromatic rings. The molecule has 1 atom stereocenters. The summed E-state index contributed by atoms with van der Waals surface area (Å²) in [6, 6.07) is 3.04. The van der Waals surface area contributed by atoms with Crippen LogP contribution in [0.1, 0.15) is 65.8 Å². The van der Waals surface area contributed by atoms with E-state index in [1.165, 1.54) is 12.5 Å². The molecule has 160 valence electrons. The van der Waals surface area contributed by atoms with Crippen molar-refractivity contribution in [3.05, 3.63) is 39.8 Å². The molecule has 1 aromatic carbocycles. The molecule has 0 bridgehead atoms. The van der Waals surface area contributed by atoms with E-state index in [0.717, 1.165) is 62.0 Å². The topological polar surface area (TPSA) is 87.2 Å². The number of hydrogen-bond donors (Lipinski definition) is 2. The Bertz CT molecular complexity index is 932. The number of carbonyl (C=O) groups excluding carboxylic acids is 2. The van der Waals surface area contributed by atoms with Crippen molar-refractivity contribution in [2.75, 3.05) is 11.9 Å². The van der Waals surface area contributed by atoms with E-state index in [2.05, 4.69) is 20.8 Å². The molecule has 0 spiro atoms. The molecule has 30 heavy (non-hydrogen) atoms. The van der Waals surface area contributed by atoms with Gasteiger partial charge in [0.2, 0.25) is 5.01 Å². The van der Waals surface area contributed by atoms with E-state index in [0.29, 0.717) is 11.6 Å². The summed E-state index contributed by atoms with van der Waals surface area (Å²) in [7, 11) is 0. The standard InChI is InChI=1S/C20H23F2N5O2S/c21-14-9-8-13(11-15(14)22)23-17(28)19-26-25-18(30-19)16-7-4-10-27(16)20(29)24-12-5-2-1-3-6-12/h8-9,11-12,16H,1-7,10H2,(H,23,28)(H,24,29)/t16-/m1/s1. The fraction of sp³-hybridized carbons (Fsp3) is 0.500. The number of likely N-dealkylation sites (tertiary alicyclic amines) is 1. The molecule has 7 nitrogen and oxygen atoms in total. The first-order valence-electron chi connectivity index (χ1n) is 10.2. The van der Waals surface area contributed by atoms with Crippen LogP contribution in [0.3, 0.4) is 0 Å². The van der Waals surface area contributed by atoms with Crippen LogP contribution in [-0.4, -0.2) is 39.6 Å². The minimum Gasteiger partial charge on any atom is -0.335 e. The van der Waals surface area contributed by atoms with Crippen molar-refractivity contribution in [3.8, 4) is 0 Å². The molecule has 1 aromatic heterocycles. The molecular formula is C20H23F2N5O2S. The maximum absolute atomic E-state index is 13.3.